The van der Waals surface area contributed by atoms with Gasteiger partial charge in [-0.1, -0.05) is 79.7 Å². The largest absolute Gasteiger partial charge is 0.0619 e. The summed E-state index contributed by atoms with van der Waals surface area (Å²) >= 11 is 0. The molecular formula is C23H22P2. The fraction of sp³-hybridized carbons (Fsp3) is 0.217. The summed E-state index contributed by atoms with van der Waals surface area (Å²) in [5.74, 6) is 0. The van der Waals surface area contributed by atoms with Crippen LogP contribution >= 0.6 is 15.8 Å². The van der Waals surface area contributed by atoms with Crippen molar-refractivity contribution in [2.75, 3.05) is 6.16 Å². The van der Waals surface area contributed by atoms with Crippen LogP contribution in [0.4, 0.5) is 0 Å². The van der Waals surface area contributed by atoms with Crippen LogP contribution in [-0.4, -0.2) is 11.8 Å². The number of aryl methyl sites for hydroxylation is 1. The maximum absolute atomic E-state index is 2.46. The SMILES string of the molecule is C[C@H]1Cc2ccccc2P1c1ccccc1P1CCc2ccccc21. The van der Waals surface area contributed by atoms with E-state index in [4.69, 9.17) is 0 Å². The molecule has 0 amide bonds. The lowest BCUT2D eigenvalue weighted by Crippen LogP contribution is -2.29. The minimum atomic E-state index is -0.227. The Hall–Kier alpha value is -1.48. The predicted octanol–water partition coefficient (Wildman–Crippen LogP) is 4.05. The Bertz CT molecular complexity index is 931. The van der Waals surface area contributed by atoms with Crippen molar-refractivity contribution in [2.45, 2.75) is 25.4 Å². The van der Waals surface area contributed by atoms with Gasteiger partial charge in [-0.3, -0.25) is 0 Å². The molecule has 124 valence electrons. The predicted molar refractivity (Wildman–Crippen MR) is 113 cm³/mol. The highest BCUT2D eigenvalue weighted by atomic mass is 31.1. The molecule has 0 N–H and O–H groups in total. The molecule has 0 aromatic heterocycles. The molecule has 2 unspecified atom stereocenters. The van der Waals surface area contributed by atoms with E-state index in [1.54, 1.807) is 32.3 Å². The second-order valence-electron chi connectivity index (χ2n) is 7.07. The third-order valence-corrected chi connectivity index (χ3v) is 11.3. The molecule has 2 aliphatic rings. The first kappa shape index (κ1) is 15.7. The number of hydrogen-bond acceptors (Lipinski definition) is 0. The van der Waals surface area contributed by atoms with Gasteiger partial charge < -0.3 is 0 Å². The van der Waals surface area contributed by atoms with Crippen LogP contribution < -0.4 is 21.2 Å². The Morgan fingerprint density at radius 2 is 1.28 bits per heavy atom. The summed E-state index contributed by atoms with van der Waals surface area (Å²) in [6, 6.07) is 27.7. The van der Waals surface area contributed by atoms with Crippen LogP contribution in [0.2, 0.25) is 0 Å². The maximum Gasteiger partial charge on any atom is -0.0113 e. The Kier molecular flexibility index (Phi) is 4.00. The third kappa shape index (κ3) is 2.59. The molecule has 25 heavy (non-hydrogen) atoms. The lowest BCUT2D eigenvalue weighted by Gasteiger charge is -2.25. The van der Waals surface area contributed by atoms with Crippen LogP contribution in [0.25, 0.3) is 0 Å². The van der Waals surface area contributed by atoms with E-state index >= 15 is 0 Å². The van der Waals surface area contributed by atoms with Gasteiger partial charge in [0.25, 0.3) is 0 Å². The lowest BCUT2D eigenvalue weighted by atomic mass is 10.1. The maximum atomic E-state index is 2.46. The highest BCUT2D eigenvalue weighted by molar-refractivity contribution is 7.79. The van der Waals surface area contributed by atoms with Crippen LogP contribution in [0.15, 0.2) is 72.8 Å². The molecule has 0 saturated heterocycles. The summed E-state index contributed by atoms with van der Waals surface area (Å²) < 4.78 is 0. The molecule has 2 aliphatic heterocycles. The highest BCUT2D eigenvalue weighted by Crippen LogP contribution is 2.49. The van der Waals surface area contributed by atoms with Gasteiger partial charge in [0, 0.05) is 0 Å². The summed E-state index contributed by atoms with van der Waals surface area (Å²) in [5.41, 5.74) is 3.91. The molecule has 0 radical (unpaired) electrons. The highest BCUT2D eigenvalue weighted by Gasteiger charge is 2.34. The van der Waals surface area contributed by atoms with Crippen molar-refractivity contribution >= 4 is 37.1 Å². The van der Waals surface area contributed by atoms with Gasteiger partial charge in [0.15, 0.2) is 0 Å². The summed E-state index contributed by atoms with van der Waals surface area (Å²) in [6.07, 6.45) is 3.82. The van der Waals surface area contributed by atoms with Gasteiger partial charge in [-0.15, -0.1) is 0 Å². The van der Waals surface area contributed by atoms with Crippen molar-refractivity contribution < 1.29 is 0 Å². The second kappa shape index (κ2) is 6.35. The average molecular weight is 360 g/mol. The van der Waals surface area contributed by atoms with Gasteiger partial charge in [-0.2, -0.15) is 0 Å². The zero-order chi connectivity index (χ0) is 16.8. The monoisotopic (exact) mass is 360 g/mol. The van der Waals surface area contributed by atoms with Gasteiger partial charge in [0.1, 0.15) is 0 Å². The Morgan fingerprint density at radius 3 is 2.08 bits per heavy atom. The van der Waals surface area contributed by atoms with Crippen LogP contribution in [0.1, 0.15) is 18.1 Å². The van der Waals surface area contributed by atoms with E-state index in [0.717, 1.165) is 5.66 Å². The molecular weight excluding hydrogens is 338 g/mol. The van der Waals surface area contributed by atoms with E-state index in [1.165, 1.54) is 19.0 Å². The average Bonchev–Trinajstić information content (AvgIpc) is 3.22. The fourth-order valence-electron chi connectivity index (χ4n) is 4.42. The smallest absolute Gasteiger partial charge is 0.0113 e. The quantitative estimate of drug-likeness (QED) is 0.605. The van der Waals surface area contributed by atoms with E-state index < -0.39 is 0 Å². The van der Waals surface area contributed by atoms with Gasteiger partial charge in [-0.25, -0.2) is 0 Å². The third-order valence-electron chi connectivity index (χ3n) is 5.53. The van der Waals surface area contributed by atoms with Crippen LogP contribution in [0, 0.1) is 0 Å². The Labute approximate surface area is 152 Å². The van der Waals surface area contributed by atoms with Crippen molar-refractivity contribution in [2.24, 2.45) is 0 Å². The summed E-state index contributed by atoms with van der Waals surface area (Å²) in [5, 5.41) is 6.55. The second-order valence-corrected chi connectivity index (χ2v) is 11.9. The van der Waals surface area contributed by atoms with Crippen molar-refractivity contribution in [1.82, 2.24) is 0 Å². The first-order chi connectivity index (χ1) is 12.3. The van der Waals surface area contributed by atoms with Crippen LogP contribution in [0.5, 0.6) is 0 Å². The van der Waals surface area contributed by atoms with Gasteiger partial charge in [0.2, 0.25) is 0 Å². The van der Waals surface area contributed by atoms with Gasteiger partial charge in [0.05, 0.1) is 0 Å². The molecule has 5 rings (SSSR count). The van der Waals surface area contributed by atoms with Crippen molar-refractivity contribution in [3.8, 4) is 0 Å². The molecule has 0 saturated carbocycles. The number of rotatable bonds is 2. The molecule has 3 atom stereocenters. The van der Waals surface area contributed by atoms with Crippen LogP contribution in [-0.2, 0) is 12.8 Å². The molecule has 0 nitrogen and oxygen atoms in total. The first-order valence-corrected chi connectivity index (χ1v) is 12.1. The number of benzene rings is 3. The number of hydrogen-bond donors (Lipinski definition) is 0. The normalized spacial score (nSPS) is 24.1. The van der Waals surface area contributed by atoms with E-state index in [9.17, 15) is 0 Å². The van der Waals surface area contributed by atoms with E-state index in [1.807, 2.05) is 0 Å². The summed E-state index contributed by atoms with van der Waals surface area (Å²) in [7, 11) is -0.412. The Balaban J connectivity index is 1.64. The molecule has 0 bridgehead atoms. The van der Waals surface area contributed by atoms with Crippen molar-refractivity contribution in [1.29, 1.82) is 0 Å². The minimum Gasteiger partial charge on any atom is -0.0619 e. The molecule has 0 aliphatic carbocycles. The van der Waals surface area contributed by atoms with E-state index in [-0.39, 0.29) is 15.8 Å². The molecule has 2 heterocycles. The number of fused-ring (bicyclic) bond motifs is 2. The molecule has 3 aromatic carbocycles. The summed E-state index contributed by atoms with van der Waals surface area (Å²) in [6.45, 7) is 2.46. The molecule has 0 fully saturated rings. The molecule has 0 spiro atoms. The fourth-order valence-corrected chi connectivity index (χ4v) is 10.6. The molecule has 3 aromatic rings. The summed E-state index contributed by atoms with van der Waals surface area (Å²) in [4.78, 5) is 0. The van der Waals surface area contributed by atoms with Gasteiger partial charge >= 0.3 is 0 Å². The van der Waals surface area contributed by atoms with Crippen molar-refractivity contribution in [3.05, 3.63) is 83.9 Å². The van der Waals surface area contributed by atoms with Gasteiger partial charge in [-0.05, 0) is 72.9 Å². The topological polar surface area (TPSA) is 0 Å². The zero-order valence-electron chi connectivity index (χ0n) is 14.5. The van der Waals surface area contributed by atoms with E-state index in [0.29, 0.717) is 0 Å². The zero-order valence-corrected chi connectivity index (χ0v) is 16.3. The first-order valence-electron chi connectivity index (χ1n) is 9.14. The van der Waals surface area contributed by atoms with Crippen LogP contribution in [0.3, 0.4) is 0 Å². The minimum absolute atomic E-state index is 0.185. The van der Waals surface area contributed by atoms with Crippen molar-refractivity contribution in [3.63, 3.8) is 0 Å². The van der Waals surface area contributed by atoms with E-state index in [2.05, 4.69) is 79.7 Å². The lowest BCUT2D eigenvalue weighted by molar-refractivity contribution is 0.962. The standard InChI is InChI=1S/C23H22P2/c1-17-16-19-9-3-5-11-21(19)25(17)23-13-7-6-12-22(23)24-15-14-18-8-2-4-10-20(18)24/h2-13,17H,14-16H2,1H3/t17-,24?,25?/m0/s1. The Morgan fingerprint density at radius 1 is 0.680 bits per heavy atom. The molecule has 2 heteroatoms.